The zero-order valence-corrected chi connectivity index (χ0v) is 12.5. The van der Waals surface area contributed by atoms with E-state index in [2.05, 4.69) is 12.2 Å². The summed E-state index contributed by atoms with van der Waals surface area (Å²) in [5.74, 6) is -0.968. The molecule has 2 aliphatic heterocycles. The van der Waals surface area contributed by atoms with Crippen molar-refractivity contribution >= 4 is 23.6 Å². The van der Waals surface area contributed by atoms with Crippen LogP contribution in [0.2, 0.25) is 0 Å². The van der Waals surface area contributed by atoms with Crippen molar-refractivity contribution in [1.29, 1.82) is 0 Å². The highest BCUT2D eigenvalue weighted by molar-refractivity contribution is 8.01. The fourth-order valence-electron chi connectivity index (χ4n) is 2.83. The van der Waals surface area contributed by atoms with Gasteiger partial charge in [-0.25, -0.2) is 4.79 Å². The van der Waals surface area contributed by atoms with Gasteiger partial charge in [0, 0.05) is 4.75 Å². The molecule has 0 aromatic carbocycles. The summed E-state index contributed by atoms with van der Waals surface area (Å²) in [6, 6.07) is -0.908. The predicted molar refractivity (Wildman–Crippen MR) is 75.0 cm³/mol. The number of hydrogen-bond acceptors (Lipinski definition) is 4. The van der Waals surface area contributed by atoms with Gasteiger partial charge in [0.05, 0.1) is 0 Å². The van der Waals surface area contributed by atoms with Gasteiger partial charge in [-0.1, -0.05) is 19.8 Å². The molecule has 2 heterocycles. The van der Waals surface area contributed by atoms with E-state index in [1.165, 1.54) is 4.90 Å². The summed E-state index contributed by atoms with van der Waals surface area (Å²) in [5, 5.41) is 12.5. The monoisotopic (exact) mass is 286 g/mol. The van der Waals surface area contributed by atoms with Gasteiger partial charge in [-0.05, 0) is 26.8 Å². The largest absolute Gasteiger partial charge is 0.480 e. The van der Waals surface area contributed by atoms with Crippen molar-refractivity contribution in [2.45, 2.75) is 62.2 Å². The lowest BCUT2D eigenvalue weighted by molar-refractivity contribution is -0.160. The van der Waals surface area contributed by atoms with E-state index in [-0.39, 0.29) is 17.3 Å². The van der Waals surface area contributed by atoms with Crippen molar-refractivity contribution in [3.8, 4) is 0 Å². The van der Waals surface area contributed by atoms with Crippen LogP contribution in [0.3, 0.4) is 0 Å². The number of carboxylic acid groups (broad SMARTS) is 1. The minimum absolute atomic E-state index is 0.0229. The third-order valence-electron chi connectivity index (χ3n) is 3.82. The molecule has 2 aliphatic rings. The van der Waals surface area contributed by atoms with Gasteiger partial charge in [0.25, 0.3) is 0 Å². The SMILES string of the molecule is CCCCCNC1C(=O)N2[C@@H]1SC(C)(C)[C@@H]2C(=O)O. The van der Waals surface area contributed by atoms with Crippen LogP contribution in [0.4, 0.5) is 0 Å². The molecule has 0 radical (unpaired) electrons. The molecule has 0 spiro atoms. The summed E-state index contributed by atoms with van der Waals surface area (Å²) in [6.07, 6.45) is 3.36. The summed E-state index contributed by atoms with van der Waals surface area (Å²) in [4.78, 5) is 25.0. The summed E-state index contributed by atoms with van der Waals surface area (Å²) < 4.78 is -0.425. The first-order chi connectivity index (χ1) is 8.90. The molecule has 2 rings (SSSR count). The van der Waals surface area contributed by atoms with E-state index in [9.17, 15) is 14.7 Å². The van der Waals surface area contributed by atoms with Gasteiger partial charge < -0.3 is 15.3 Å². The molecule has 0 aromatic rings. The van der Waals surface area contributed by atoms with Crippen molar-refractivity contribution in [2.75, 3.05) is 6.54 Å². The van der Waals surface area contributed by atoms with Gasteiger partial charge in [0.15, 0.2) is 0 Å². The molecule has 0 aliphatic carbocycles. The molecule has 6 heteroatoms. The molecule has 19 heavy (non-hydrogen) atoms. The van der Waals surface area contributed by atoms with Crippen LogP contribution >= 0.6 is 11.8 Å². The van der Waals surface area contributed by atoms with Crippen molar-refractivity contribution in [2.24, 2.45) is 0 Å². The lowest BCUT2D eigenvalue weighted by Crippen LogP contribution is -2.70. The van der Waals surface area contributed by atoms with E-state index in [1.807, 2.05) is 13.8 Å². The Labute approximate surface area is 118 Å². The normalized spacial score (nSPS) is 32.1. The number of carbonyl (C=O) groups is 2. The number of aliphatic carboxylic acids is 1. The first kappa shape index (κ1) is 14.7. The fourth-order valence-corrected chi connectivity index (χ4v) is 4.49. The quantitative estimate of drug-likeness (QED) is 0.568. The first-order valence-corrected chi connectivity index (χ1v) is 7.74. The molecular weight excluding hydrogens is 264 g/mol. The van der Waals surface area contributed by atoms with Crippen LogP contribution in [0.25, 0.3) is 0 Å². The Morgan fingerprint density at radius 3 is 2.74 bits per heavy atom. The predicted octanol–water partition coefficient (Wildman–Crippen LogP) is 1.28. The number of fused-ring (bicyclic) bond motifs is 1. The number of amides is 1. The van der Waals surface area contributed by atoms with Gasteiger partial charge in [-0.2, -0.15) is 0 Å². The Hall–Kier alpha value is -0.750. The van der Waals surface area contributed by atoms with Crippen LogP contribution in [0, 0.1) is 0 Å². The number of rotatable bonds is 6. The second-order valence-corrected chi connectivity index (χ2v) is 7.51. The number of β-lactam (4-membered cyclic amide) rings is 1. The molecular formula is C13H22N2O3S. The molecule has 2 N–H and O–H groups in total. The third-order valence-corrected chi connectivity index (χ3v) is 5.39. The van der Waals surface area contributed by atoms with Gasteiger partial charge in [0.1, 0.15) is 17.5 Å². The fraction of sp³-hybridized carbons (Fsp3) is 0.846. The van der Waals surface area contributed by atoms with E-state index < -0.39 is 16.8 Å². The molecule has 2 saturated heterocycles. The summed E-state index contributed by atoms with van der Waals surface area (Å²) in [7, 11) is 0. The second kappa shape index (κ2) is 5.32. The third kappa shape index (κ3) is 2.48. The molecule has 0 aromatic heterocycles. The standard InChI is InChI=1S/C13H22N2O3S/c1-4-5-6-7-14-8-10(16)15-9(12(17)18)13(2,3)19-11(8)15/h8-9,11,14H,4-7H2,1-3H3,(H,17,18)/t8?,9-,11+/m0/s1. The molecule has 0 saturated carbocycles. The van der Waals surface area contributed by atoms with Crippen LogP contribution < -0.4 is 5.32 Å². The minimum Gasteiger partial charge on any atom is -0.480 e. The Bertz CT molecular complexity index is 386. The number of nitrogens with one attached hydrogen (secondary N) is 1. The molecule has 108 valence electrons. The number of nitrogens with zero attached hydrogens (tertiary/aromatic N) is 1. The Kier molecular flexibility index (Phi) is 4.11. The Morgan fingerprint density at radius 1 is 1.47 bits per heavy atom. The highest BCUT2D eigenvalue weighted by Crippen LogP contribution is 2.50. The van der Waals surface area contributed by atoms with Crippen LogP contribution in [-0.4, -0.2) is 50.6 Å². The highest BCUT2D eigenvalue weighted by Gasteiger charge is 2.63. The lowest BCUT2D eigenvalue weighted by Gasteiger charge is -2.43. The lowest BCUT2D eigenvalue weighted by atomic mass is 9.96. The molecule has 5 nitrogen and oxygen atoms in total. The molecule has 2 fully saturated rings. The van der Waals surface area contributed by atoms with Gasteiger partial charge in [0.2, 0.25) is 5.91 Å². The van der Waals surface area contributed by atoms with E-state index in [4.69, 9.17) is 0 Å². The summed E-state index contributed by atoms with van der Waals surface area (Å²) in [6.45, 7) is 6.77. The zero-order chi connectivity index (χ0) is 14.2. The van der Waals surface area contributed by atoms with E-state index >= 15 is 0 Å². The van der Waals surface area contributed by atoms with E-state index in [0.29, 0.717) is 0 Å². The summed E-state index contributed by atoms with van der Waals surface area (Å²) >= 11 is 1.59. The number of hydrogen-bond donors (Lipinski definition) is 2. The number of carbonyl (C=O) groups excluding carboxylic acids is 1. The van der Waals surface area contributed by atoms with E-state index in [1.54, 1.807) is 11.8 Å². The second-order valence-electron chi connectivity index (χ2n) is 5.74. The number of thioether (sulfide) groups is 1. The van der Waals surface area contributed by atoms with Crippen LogP contribution in [0.15, 0.2) is 0 Å². The van der Waals surface area contributed by atoms with Crippen molar-refractivity contribution in [3.63, 3.8) is 0 Å². The Balaban J connectivity index is 1.96. The van der Waals surface area contributed by atoms with Crippen molar-refractivity contribution in [3.05, 3.63) is 0 Å². The topological polar surface area (TPSA) is 69.6 Å². The van der Waals surface area contributed by atoms with Crippen LogP contribution in [0.5, 0.6) is 0 Å². The summed E-state index contributed by atoms with van der Waals surface area (Å²) in [5.41, 5.74) is 0. The molecule has 1 amide bonds. The van der Waals surface area contributed by atoms with Gasteiger partial charge in [-0.15, -0.1) is 11.8 Å². The van der Waals surface area contributed by atoms with Crippen LogP contribution in [-0.2, 0) is 9.59 Å². The number of unbranched alkanes of at least 4 members (excludes halogenated alkanes) is 2. The van der Waals surface area contributed by atoms with Crippen molar-refractivity contribution in [1.82, 2.24) is 10.2 Å². The van der Waals surface area contributed by atoms with Gasteiger partial charge >= 0.3 is 5.97 Å². The average Bonchev–Trinajstić information content (AvgIpc) is 2.58. The molecule has 0 bridgehead atoms. The maximum Gasteiger partial charge on any atom is 0.327 e. The van der Waals surface area contributed by atoms with Gasteiger partial charge in [-0.3, -0.25) is 4.79 Å². The van der Waals surface area contributed by atoms with Crippen LogP contribution in [0.1, 0.15) is 40.0 Å². The first-order valence-electron chi connectivity index (χ1n) is 6.86. The number of carboxylic acids is 1. The smallest absolute Gasteiger partial charge is 0.327 e. The highest BCUT2D eigenvalue weighted by atomic mass is 32.2. The van der Waals surface area contributed by atoms with E-state index in [0.717, 1.165) is 25.8 Å². The minimum atomic E-state index is -0.905. The van der Waals surface area contributed by atoms with Crippen molar-refractivity contribution < 1.29 is 14.7 Å². The average molecular weight is 286 g/mol. The molecule has 3 atom stereocenters. The zero-order valence-electron chi connectivity index (χ0n) is 11.7. The Morgan fingerprint density at radius 2 is 2.16 bits per heavy atom. The maximum absolute atomic E-state index is 12.1. The maximum atomic E-state index is 12.1. The molecule has 1 unspecified atom stereocenters.